The van der Waals surface area contributed by atoms with Crippen LogP contribution in [0.25, 0.3) is 5.69 Å². The highest BCUT2D eigenvalue weighted by Gasteiger charge is 2.44. The summed E-state index contributed by atoms with van der Waals surface area (Å²) in [4.78, 5) is 12.3. The number of benzene rings is 1. The van der Waals surface area contributed by atoms with Gasteiger partial charge >= 0.3 is 0 Å². The van der Waals surface area contributed by atoms with E-state index in [0.717, 1.165) is 28.8 Å². The third-order valence-corrected chi connectivity index (χ3v) is 7.08. The van der Waals surface area contributed by atoms with E-state index in [1.807, 2.05) is 36.2 Å². The van der Waals surface area contributed by atoms with Crippen LogP contribution >= 0.6 is 11.8 Å². The van der Waals surface area contributed by atoms with Gasteiger partial charge in [-0.05, 0) is 49.7 Å². The first-order valence-electron chi connectivity index (χ1n) is 10.3. The molecule has 0 saturated carbocycles. The summed E-state index contributed by atoms with van der Waals surface area (Å²) in [7, 11) is 1.71. The van der Waals surface area contributed by atoms with Crippen LogP contribution in [0.1, 0.15) is 41.7 Å². The number of pyridine rings is 1. The molecule has 30 heavy (non-hydrogen) atoms. The molecule has 0 radical (unpaired) electrons. The minimum absolute atomic E-state index is 0.0143. The quantitative estimate of drug-likeness (QED) is 0.592. The van der Waals surface area contributed by atoms with Gasteiger partial charge in [-0.1, -0.05) is 30.8 Å². The van der Waals surface area contributed by atoms with Crippen LogP contribution in [0, 0.1) is 13.8 Å². The van der Waals surface area contributed by atoms with E-state index < -0.39 is 0 Å². The molecule has 0 bridgehead atoms. The lowest BCUT2D eigenvalue weighted by Crippen LogP contribution is -2.28. The van der Waals surface area contributed by atoms with Gasteiger partial charge in [0, 0.05) is 41.1 Å². The molecule has 4 heterocycles. The maximum Gasteiger partial charge on any atom is 0.160 e. The Morgan fingerprint density at radius 1 is 1.10 bits per heavy atom. The lowest BCUT2D eigenvalue weighted by atomic mass is 9.96. The number of rotatable bonds is 4. The maximum absolute atomic E-state index is 5.46. The van der Waals surface area contributed by atoms with Gasteiger partial charge in [0.2, 0.25) is 0 Å². The number of amidine groups is 1. The summed E-state index contributed by atoms with van der Waals surface area (Å²) in [6.07, 6.45) is 1.87. The zero-order valence-corrected chi connectivity index (χ0v) is 18.6. The first kappa shape index (κ1) is 19.2. The lowest BCUT2D eigenvalue weighted by Gasteiger charge is -2.27. The summed E-state index contributed by atoms with van der Waals surface area (Å²) < 4.78 is 7.77. The highest BCUT2D eigenvalue weighted by atomic mass is 32.2. The van der Waals surface area contributed by atoms with E-state index in [1.165, 1.54) is 17.0 Å². The molecular formula is C24H26N4OS. The van der Waals surface area contributed by atoms with Gasteiger partial charge < -0.3 is 14.2 Å². The van der Waals surface area contributed by atoms with Gasteiger partial charge in [-0.15, -0.1) is 0 Å². The van der Waals surface area contributed by atoms with E-state index in [-0.39, 0.29) is 12.1 Å². The number of aromatic nitrogens is 2. The van der Waals surface area contributed by atoms with Gasteiger partial charge in [0.1, 0.15) is 11.8 Å². The molecule has 3 atom stereocenters. The molecule has 1 aromatic carbocycles. The Kier molecular flexibility index (Phi) is 4.82. The van der Waals surface area contributed by atoms with Gasteiger partial charge in [0.05, 0.1) is 18.8 Å². The lowest BCUT2D eigenvalue weighted by molar-refractivity contribution is 0.320. The number of methoxy groups -OCH3 is 1. The van der Waals surface area contributed by atoms with Gasteiger partial charge in [0.25, 0.3) is 0 Å². The van der Waals surface area contributed by atoms with Crippen LogP contribution in [0.15, 0.2) is 59.7 Å². The molecule has 5 nitrogen and oxygen atoms in total. The maximum atomic E-state index is 5.46. The summed E-state index contributed by atoms with van der Waals surface area (Å²) >= 11 is 1.88. The van der Waals surface area contributed by atoms with Crippen molar-refractivity contribution in [3.05, 3.63) is 77.4 Å². The largest absolute Gasteiger partial charge is 0.497 e. The zero-order chi connectivity index (χ0) is 20.8. The van der Waals surface area contributed by atoms with E-state index >= 15 is 0 Å². The first-order valence-corrected chi connectivity index (χ1v) is 11.2. The molecule has 2 aromatic heterocycles. The van der Waals surface area contributed by atoms with Gasteiger partial charge in [-0.25, -0.2) is 0 Å². The third kappa shape index (κ3) is 3.10. The minimum Gasteiger partial charge on any atom is -0.497 e. The van der Waals surface area contributed by atoms with E-state index in [0.29, 0.717) is 5.25 Å². The molecule has 0 amide bonds. The topological polar surface area (TPSA) is 42.6 Å². The van der Waals surface area contributed by atoms with E-state index in [1.54, 1.807) is 7.11 Å². The van der Waals surface area contributed by atoms with Crippen LogP contribution in [-0.2, 0) is 0 Å². The smallest absolute Gasteiger partial charge is 0.160 e. The Bertz CT molecular complexity index is 1110. The summed E-state index contributed by atoms with van der Waals surface area (Å²) in [6.45, 7) is 7.67. The SMILES string of the molecule is COc1cccc(-n2c(C)cc([C@@H]3[C@@H](c4ccccn4)N=C4S[C@H](C)CN43)c2C)c1. The number of fused-ring (bicyclic) bond motifs is 1. The molecule has 0 aliphatic carbocycles. The summed E-state index contributed by atoms with van der Waals surface area (Å²) in [5.41, 5.74) is 5.92. The van der Waals surface area contributed by atoms with Crippen molar-refractivity contribution in [1.29, 1.82) is 0 Å². The van der Waals surface area contributed by atoms with Gasteiger partial charge in [-0.3, -0.25) is 9.98 Å². The Hall–Kier alpha value is -2.73. The Labute approximate surface area is 181 Å². The monoisotopic (exact) mass is 418 g/mol. The van der Waals surface area contributed by atoms with Gasteiger partial charge in [-0.2, -0.15) is 0 Å². The average Bonchev–Trinajstić information content (AvgIpc) is 3.38. The van der Waals surface area contributed by atoms with Crippen molar-refractivity contribution >= 4 is 16.9 Å². The minimum atomic E-state index is 0.0143. The molecule has 0 spiro atoms. The van der Waals surface area contributed by atoms with Crippen LogP contribution in [0.5, 0.6) is 5.75 Å². The fraction of sp³-hybridized carbons (Fsp3) is 0.333. The van der Waals surface area contributed by atoms with Crippen LogP contribution < -0.4 is 4.74 Å². The fourth-order valence-corrected chi connectivity index (χ4v) is 5.78. The zero-order valence-electron chi connectivity index (χ0n) is 17.7. The summed E-state index contributed by atoms with van der Waals surface area (Å²) in [6, 6.07) is 16.9. The van der Waals surface area contributed by atoms with E-state index in [2.05, 4.69) is 65.6 Å². The second-order valence-electron chi connectivity index (χ2n) is 8.00. The molecule has 3 aromatic rings. The molecule has 5 rings (SSSR count). The standard InChI is InChI=1S/C24H26N4OS/c1-15-12-20(17(3)28(15)18-8-7-9-19(13-18)29-4)23-22(21-10-5-6-11-25-21)26-24-27(23)14-16(2)30-24/h5-13,16,22-23H,14H2,1-4H3/t16-,22-,23-/m1/s1. The van der Waals surface area contributed by atoms with Crippen molar-refractivity contribution in [2.24, 2.45) is 4.99 Å². The number of hydrogen-bond acceptors (Lipinski definition) is 5. The van der Waals surface area contributed by atoms with Crippen molar-refractivity contribution in [3.8, 4) is 11.4 Å². The molecule has 0 N–H and O–H groups in total. The average molecular weight is 419 g/mol. The van der Waals surface area contributed by atoms with Gasteiger partial charge in [0.15, 0.2) is 5.17 Å². The normalized spacial score (nSPS) is 22.9. The molecule has 6 heteroatoms. The predicted octanol–water partition coefficient (Wildman–Crippen LogP) is 5.09. The second kappa shape index (κ2) is 7.51. The highest BCUT2D eigenvalue weighted by Crippen LogP contribution is 2.48. The number of aliphatic imine (C=N–C) groups is 1. The number of hydrogen-bond donors (Lipinski definition) is 0. The fourth-order valence-electron chi connectivity index (χ4n) is 4.69. The second-order valence-corrected chi connectivity index (χ2v) is 9.41. The molecule has 154 valence electrons. The van der Waals surface area contributed by atoms with E-state index in [9.17, 15) is 0 Å². The van der Waals surface area contributed by atoms with Crippen LogP contribution in [0.2, 0.25) is 0 Å². The van der Waals surface area contributed by atoms with Crippen LogP contribution in [-0.4, -0.2) is 38.5 Å². The molecule has 0 unspecified atom stereocenters. The van der Waals surface area contributed by atoms with Crippen molar-refractivity contribution in [1.82, 2.24) is 14.5 Å². The van der Waals surface area contributed by atoms with Crippen molar-refractivity contribution in [3.63, 3.8) is 0 Å². The van der Waals surface area contributed by atoms with Crippen molar-refractivity contribution in [2.75, 3.05) is 13.7 Å². The van der Waals surface area contributed by atoms with Crippen LogP contribution in [0.4, 0.5) is 0 Å². The molecule has 2 aliphatic rings. The number of ether oxygens (including phenoxy) is 1. The molecule has 2 aliphatic heterocycles. The Morgan fingerprint density at radius 3 is 2.73 bits per heavy atom. The van der Waals surface area contributed by atoms with Crippen LogP contribution in [0.3, 0.4) is 0 Å². The Balaban J connectivity index is 1.61. The number of thioether (sulfide) groups is 1. The van der Waals surface area contributed by atoms with Crippen molar-refractivity contribution < 1.29 is 4.74 Å². The highest BCUT2D eigenvalue weighted by molar-refractivity contribution is 8.14. The Morgan fingerprint density at radius 2 is 1.97 bits per heavy atom. The van der Waals surface area contributed by atoms with E-state index in [4.69, 9.17) is 9.73 Å². The summed E-state index contributed by atoms with van der Waals surface area (Å²) in [5, 5.41) is 1.70. The molecule has 1 saturated heterocycles. The molecular weight excluding hydrogens is 392 g/mol. The number of aryl methyl sites for hydroxylation is 1. The summed E-state index contributed by atoms with van der Waals surface area (Å²) in [5.74, 6) is 0.865. The molecule has 1 fully saturated rings. The predicted molar refractivity (Wildman–Crippen MR) is 123 cm³/mol. The van der Waals surface area contributed by atoms with Crippen molar-refractivity contribution in [2.45, 2.75) is 38.1 Å². The first-order chi connectivity index (χ1) is 14.6. The third-order valence-electron chi connectivity index (χ3n) is 5.98. The number of nitrogens with zero attached hydrogens (tertiary/aromatic N) is 4.